The first-order valence-electron chi connectivity index (χ1n) is 10.8. The van der Waals surface area contributed by atoms with Crippen LogP contribution in [0.5, 0.6) is 0 Å². The van der Waals surface area contributed by atoms with Gasteiger partial charge in [-0.25, -0.2) is 0 Å². The van der Waals surface area contributed by atoms with Gasteiger partial charge in [0.15, 0.2) is 0 Å². The number of fused-ring (bicyclic) bond motifs is 2. The summed E-state index contributed by atoms with van der Waals surface area (Å²) in [5.74, 6) is 0.470. The summed E-state index contributed by atoms with van der Waals surface area (Å²) in [7, 11) is 0. The molecule has 2 aromatic carbocycles. The van der Waals surface area contributed by atoms with Crippen LogP contribution in [0.2, 0.25) is 0 Å². The lowest BCUT2D eigenvalue weighted by atomic mass is 9.59. The molecule has 3 heterocycles. The number of nitrogens with one attached hydrogen (secondary N) is 3. The first kappa shape index (κ1) is 17.0. The number of para-hydroxylation sites is 2. The van der Waals surface area contributed by atoms with Gasteiger partial charge in [0, 0.05) is 25.0 Å². The van der Waals surface area contributed by atoms with Crippen molar-refractivity contribution in [2.45, 2.75) is 31.2 Å². The smallest absolute Gasteiger partial charge is 0.104 e. The van der Waals surface area contributed by atoms with Gasteiger partial charge in [0.25, 0.3) is 0 Å². The third kappa shape index (κ3) is 2.32. The number of hydrogen-bond donors (Lipinski definition) is 3. The molecule has 1 unspecified atom stereocenters. The third-order valence-electron chi connectivity index (χ3n) is 7.56. The zero-order chi connectivity index (χ0) is 19.4. The molecule has 4 aliphatic rings. The Morgan fingerprint density at radius 3 is 2.79 bits per heavy atom. The van der Waals surface area contributed by atoms with Crippen LogP contribution in [0.3, 0.4) is 0 Å². The number of benzene rings is 2. The zero-order valence-electron chi connectivity index (χ0n) is 16.8. The molecule has 3 aliphatic heterocycles. The molecule has 4 nitrogen and oxygen atoms in total. The largest absolute Gasteiger partial charge is 0.328 e. The Bertz CT molecular complexity index is 1050. The third-order valence-corrected chi connectivity index (χ3v) is 7.56. The van der Waals surface area contributed by atoms with Crippen molar-refractivity contribution < 1.29 is 4.90 Å². The van der Waals surface area contributed by atoms with Gasteiger partial charge in [-0.05, 0) is 41.8 Å². The van der Waals surface area contributed by atoms with Gasteiger partial charge in [0.1, 0.15) is 6.04 Å². The van der Waals surface area contributed by atoms with Crippen molar-refractivity contribution in [3.05, 3.63) is 83.6 Å². The van der Waals surface area contributed by atoms with E-state index in [1.807, 2.05) is 18.2 Å². The van der Waals surface area contributed by atoms with Gasteiger partial charge < -0.3 is 15.8 Å². The highest BCUT2D eigenvalue weighted by atomic mass is 15.3. The zero-order valence-corrected chi connectivity index (χ0v) is 16.8. The molecule has 3 fully saturated rings. The van der Waals surface area contributed by atoms with Crippen LogP contribution >= 0.6 is 0 Å². The van der Waals surface area contributed by atoms with Gasteiger partial charge in [0.2, 0.25) is 0 Å². The fraction of sp³-hybridized carbons (Fsp3) is 0.320. The molecule has 29 heavy (non-hydrogen) atoms. The number of nitrogens with zero attached hydrogens (tertiary/aromatic N) is 1. The molecule has 1 saturated carbocycles. The first-order valence-corrected chi connectivity index (χ1v) is 10.8. The van der Waals surface area contributed by atoms with Gasteiger partial charge in [0.05, 0.1) is 35.6 Å². The number of allylic oxidation sites excluding steroid dienone is 2. The summed E-state index contributed by atoms with van der Waals surface area (Å²) in [5.41, 5.74) is 14.8. The average Bonchev–Trinajstić information content (AvgIpc) is 3.32. The Morgan fingerprint density at radius 2 is 1.93 bits per heavy atom. The fourth-order valence-electron chi connectivity index (χ4n) is 6.31. The number of anilines is 1. The fourth-order valence-corrected chi connectivity index (χ4v) is 6.31. The average molecular weight is 384 g/mol. The quantitative estimate of drug-likeness (QED) is 0.563. The normalized spacial score (nSPS) is 34.0. The molecule has 1 spiro atoms. The standard InChI is InChI=1S/C25H26N4/c1-2-17-16-29-13-12-25-21-10-6-7-11-22(21)27-24(25)20(19(17)14-23(25)29)15-26-28-18-8-4-3-5-9-18/h2-11,15,19,23,26,28H,12-14,16H2,1H3/p+1/b17-2+,20-15?/t19-,23-,25+/m0/s1. The van der Waals surface area contributed by atoms with Crippen LogP contribution in [0.15, 0.2) is 83.0 Å². The van der Waals surface area contributed by atoms with Crippen LogP contribution in [0.1, 0.15) is 25.3 Å². The van der Waals surface area contributed by atoms with Crippen LogP contribution < -0.4 is 15.8 Å². The van der Waals surface area contributed by atoms with E-state index >= 15 is 0 Å². The van der Waals surface area contributed by atoms with Crippen molar-refractivity contribution in [1.29, 1.82) is 0 Å². The monoisotopic (exact) mass is 383 g/mol. The molecule has 0 amide bonds. The van der Waals surface area contributed by atoms with E-state index in [-0.39, 0.29) is 5.41 Å². The van der Waals surface area contributed by atoms with Gasteiger partial charge in [-0.15, -0.1) is 0 Å². The Labute approximate surface area is 172 Å². The summed E-state index contributed by atoms with van der Waals surface area (Å²) in [6.07, 6.45) is 6.96. The summed E-state index contributed by atoms with van der Waals surface area (Å²) in [4.78, 5) is 7.00. The van der Waals surface area contributed by atoms with Crippen molar-refractivity contribution in [1.82, 2.24) is 5.43 Å². The van der Waals surface area contributed by atoms with Crippen LogP contribution in [-0.4, -0.2) is 24.8 Å². The molecule has 4 heteroatoms. The number of rotatable bonds is 3. The van der Waals surface area contributed by atoms with Gasteiger partial charge >= 0.3 is 0 Å². The van der Waals surface area contributed by atoms with E-state index in [1.54, 1.807) is 10.5 Å². The van der Waals surface area contributed by atoms with E-state index < -0.39 is 0 Å². The van der Waals surface area contributed by atoms with Crippen molar-refractivity contribution in [3.8, 4) is 0 Å². The van der Waals surface area contributed by atoms with E-state index in [4.69, 9.17) is 4.99 Å². The molecule has 4 atom stereocenters. The van der Waals surface area contributed by atoms with E-state index in [9.17, 15) is 0 Å². The number of hydrogen-bond acceptors (Lipinski definition) is 3. The predicted octanol–water partition coefficient (Wildman–Crippen LogP) is 3.15. The first-order chi connectivity index (χ1) is 14.3. The predicted molar refractivity (Wildman–Crippen MR) is 117 cm³/mol. The molecule has 0 radical (unpaired) electrons. The molecular formula is C25H27N4+. The number of aliphatic imine (C=N–C) groups is 1. The maximum atomic E-state index is 5.24. The Kier molecular flexibility index (Phi) is 3.72. The van der Waals surface area contributed by atoms with E-state index in [2.05, 4.69) is 66.4 Å². The highest BCUT2D eigenvalue weighted by molar-refractivity contribution is 6.14. The van der Waals surface area contributed by atoms with E-state index in [0.29, 0.717) is 12.0 Å². The lowest BCUT2D eigenvalue weighted by molar-refractivity contribution is -0.914. The number of quaternary nitrogens is 1. The van der Waals surface area contributed by atoms with Gasteiger partial charge in [-0.3, -0.25) is 4.99 Å². The van der Waals surface area contributed by atoms with Crippen LogP contribution in [0, 0.1) is 5.92 Å². The summed E-state index contributed by atoms with van der Waals surface area (Å²) < 4.78 is 0. The second-order valence-electron chi connectivity index (χ2n) is 8.72. The molecule has 6 rings (SSSR count). The van der Waals surface area contributed by atoms with Crippen molar-refractivity contribution >= 4 is 17.1 Å². The molecule has 146 valence electrons. The van der Waals surface area contributed by atoms with Crippen LogP contribution in [0.4, 0.5) is 11.4 Å². The summed E-state index contributed by atoms with van der Waals surface area (Å²) >= 11 is 0. The van der Waals surface area contributed by atoms with Crippen molar-refractivity contribution in [3.63, 3.8) is 0 Å². The molecule has 2 aromatic rings. The van der Waals surface area contributed by atoms with E-state index in [0.717, 1.165) is 5.69 Å². The Hall–Kier alpha value is -2.85. The van der Waals surface area contributed by atoms with Crippen LogP contribution in [0.25, 0.3) is 0 Å². The molecular weight excluding hydrogens is 356 g/mol. The summed E-state index contributed by atoms with van der Waals surface area (Å²) in [6, 6.07) is 19.8. The number of hydrazine groups is 1. The minimum Gasteiger partial charge on any atom is -0.328 e. The topological polar surface area (TPSA) is 40.9 Å². The second kappa shape index (κ2) is 6.33. The summed E-state index contributed by atoms with van der Waals surface area (Å²) in [5, 5.41) is 0. The van der Waals surface area contributed by atoms with Gasteiger partial charge in [-0.2, -0.15) is 0 Å². The molecule has 2 saturated heterocycles. The van der Waals surface area contributed by atoms with Crippen molar-refractivity contribution in [2.75, 3.05) is 18.5 Å². The molecule has 2 bridgehead atoms. The minimum absolute atomic E-state index is 0.0992. The summed E-state index contributed by atoms with van der Waals surface area (Å²) in [6.45, 7) is 4.61. The lowest BCUT2D eigenvalue weighted by Crippen LogP contribution is -3.16. The lowest BCUT2D eigenvalue weighted by Gasteiger charge is -2.47. The molecule has 1 aliphatic carbocycles. The maximum Gasteiger partial charge on any atom is 0.104 e. The molecule has 3 N–H and O–H groups in total. The SMILES string of the molecule is C/C=C1\C[NH+]2CC[C@@]34C(=Nc5ccccc53)C(=CNNc3ccccc3)[C@H]1C[C@H]24. The minimum atomic E-state index is 0.0992. The Balaban J connectivity index is 1.44. The maximum absolute atomic E-state index is 5.24. The Morgan fingerprint density at radius 1 is 1.10 bits per heavy atom. The highest BCUT2D eigenvalue weighted by Gasteiger charge is 2.64. The van der Waals surface area contributed by atoms with Crippen LogP contribution in [-0.2, 0) is 5.41 Å². The second-order valence-corrected chi connectivity index (χ2v) is 8.72. The number of piperidine rings is 1. The highest BCUT2D eigenvalue weighted by Crippen LogP contribution is 2.54. The van der Waals surface area contributed by atoms with Gasteiger partial charge in [-0.1, -0.05) is 42.5 Å². The molecule has 0 aromatic heterocycles. The van der Waals surface area contributed by atoms with Crippen molar-refractivity contribution in [2.24, 2.45) is 10.9 Å². The van der Waals surface area contributed by atoms with E-state index in [1.165, 1.54) is 48.5 Å².